The molecular weight excluding hydrogens is 358 g/mol. The maximum absolute atomic E-state index is 13.4. The summed E-state index contributed by atoms with van der Waals surface area (Å²) >= 11 is 0. The van der Waals surface area contributed by atoms with Gasteiger partial charge in [-0.1, -0.05) is 13.0 Å². The van der Waals surface area contributed by atoms with Crippen molar-refractivity contribution in [3.63, 3.8) is 0 Å². The second kappa shape index (κ2) is 7.10. The summed E-state index contributed by atoms with van der Waals surface area (Å²) < 4.78 is 6.83. The molecule has 28 heavy (non-hydrogen) atoms. The van der Waals surface area contributed by atoms with E-state index in [1.54, 1.807) is 6.92 Å². The van der Waals surface area contributed by atoms with Gasteiger partial charge in [-0.2, -0.15) is 0 Å². The van der Waals surface area contributed by atoms with E-state index in [0.29, 0.717) is 29.8 Å². The second-order valence-electron chi connectivity index (χ2n) is 6.97. The number of nitrogens with one attached hydrogen (secondary N) is 1. The number of hydrogen-bond acceptors (Lipinski definition) is 5. The minimum atomic E-state index is -0.425. The second-order valence-corrected chi connectivity index (χ2v) is 6.97. The minimum absolute atomic E-state index is 0.127. The number of methoxy groups -OCH3 is 1. The van der Waals surface area contributed by atoms with Gasteiger partial charge in [-0.05, 0) is 43.9 Å². The quantitative estimate of drug-likeness (QED) is 0.702. The van der Waals surface area contributed by atoms with Crippen LogP contribution in [0.15, 0.2) is 24.4 Å². The molecule has 1 fully saturated rings. The Kier molecular flexibility index (Phi) is 4.62. The number of pyridine rings is 1. The summed E-state index contributed by atoms with van der Waals surface area (Å²) in [5.74, 6) is 0.207. The van der Waals surface area contributed by atoms with Gasteiger partial charge in [-0.25, -0.2) is 4.79 Å². The van der Waals surface area contributed by atoms with E-state index in [0.717, 1.165) is 30.0 Å². The number of aromatic amines is 1. The van der Waals surface area contributed by atoms with Crippen molar-refractivity contribution in [2.75, 3.05) is 13.7 Å². The van der Waals surface area contributed by atoms with Gasteiger partial charge in [0.15, 0.2) is 11.5 Å². The fraction of sp³-hybridized carbons (Fsp3) is 0.400. The predicted octanol–water partition coefficient (Wildman–Crippen LogP) is 2.69. The van der Waals surface area contributed by atoms with Gasteiger partial charge in [0.05, 0.1) is 18.7 Å². The highest BCUT2D eigenvalue weighted by Gasteiger charge is 2.36. The molecule has 1 amide bonds. The molecule has 4 heterocycles. The maximum atomic E-state index is 13.4. The van der Waals surface area contributed by atoms with Crippen LogP contribution in [0.3, 0.4) is 0 Å². The molecule has 0 bridgehead atoms. The van der Waals surface area contributed by atoms with E-state index in [1.165, 1.54) is 7.11 Å². The summed E-state index contributed by atoms with van der Waals surface area (Å²) in [6, 6.07) is 5.57. The number of nitrogens with zero attached hydrogens (tertiary/aromatic N) is 4. The number of aromatic nitrogens is 4. The first-order valence-corrected chi connectivity index (χ1v) is 9.47. The number of rotatable bonds is 4. The van der Waals surface area contributed by atoms with Crippen LogP contribution in [0.5, 0.6) is 0 Å². The van der Waals surface area contributed by atoms with Crippen LogP contribution in [0, 0.1) is 6.92 Å². The van der Waals surface area contributed by atoms with Crippen LogP contribution in [0.1, 0.15) is 63.7 Å². The Balaban J connectivity index is 1.72. The highest BCUT2D eigenvalue weighted by molar-refractivity contribution is 6.00. The zero-order chi connectivity index (χ0) is 19.8. The normalized spacial score (nSPS) is 16.7. The van der Waals surface area contributed by atoms with E-state index in [-0.39, 0.29) is 11.9 Å². The topological polar surface area (TPSA) is 92.6 Å². The average Bonchev–Trinajstić information content (AvgIpc) is 3.43. The van der Waals surface area contributed by atoms with Gasteiger partial charge in [0.25, 0.3) is 5.91 Å². The molecule has 1 aliphatic rings. The monoisotopic (exact) mass is 381 g/mol. The molecule has 0 saturated carbocycles. The maximum Gasteiger partial charge on any atom is 0.339 e. The minimum Gasteiger partial charge on any atom is -0.465 e. The molecule has 1 aliphatic heterocycles. The summed E-state index contributed by atoms with van der Waals surface area (Å²) in [6.45, 7) is 4.36. The van der Waals surface area contributed by atoms with E-state index in [1.807, 2.05) is 40.6 Å². The number of esters is 1. The number of aryl methyl sites for hydroxylation is 1. The first-order valence-electron chi connectivity index (χ1n) is 9.47. The molecule has 1 N–H and O–H groups in total. The molecule has 0 radical (unpaired) electrons. The van der Waals surface area contributed by atoms with Crippen molar-refractivity contribution >= 4 is 17.5 Å². The standard InChI is InChI=1S/C20H23N5O3/c1-4-13-16(20(27)28-3)12(2)17(21-13)19(26)24-11-7-8-14(24)18-23-22-15-9-5-6-10-25(15)18/h5-6,9-10,14,21H,4,7-8,11H2,1-3H3/t14-/m1/s1. The third-order valence-corrected chi connectivity index (χ3v) is 5.44. The number of carbonyl (C=O) groups is 2. The highest BCUT2D eigenvalue weighted by Crippen LogP contribution is 2.33. The lowest BCUT2D eigenvalue weighted by Crippen LogP contribution is -2.32. The Bertz CT molecular complexity index is 1050. The number of H-pyrrole nitrogens is 1. The van der Waals surface area contributed by atoms with E-state index in [2.05, 4.69) is 15.2 Å². The number of hydrogen-bond donors (Lipinski definition) is 1. The van der Waals surface area contributed by atoms with Gasteiger partial charge >= 0.3 is 5.97 Å². The molecule has 0 aromatic carbocycles. The van der Waals surface area contributed by atoms with Crippen LogP contribution in [0.2, 0.25) is 0 Å². The Labute approximate surface area is 162 Å². The van der Waals surface area contributed by atoms with Crippen molar-refractivity contribution in [2.45, 2.75) is 39.2 Å². The SMILES string of the molecule is CCc1[nH]c(C(=O)N2CCC[C@@H]2c2nnc3ccccn23)c(C)c1C(=O)OC. The number of likely N-dealkylation sites (tertiary alicyclic amines) is 1. The molecule has 0 spiro atoms. The molecule has 0 aliphatic carbocycles. The average molecular weight is 381 g/mol. The fourth-order valence-corrected chi connectivity index (χ4v) is 4.02. The molecule has 4 rings (SSSR count). The Hall–Kier alpha value is -3.16. The zero-order valence-electron chi connectivity index (χ0n) is 16.2. The molecule has 8 heteroatoms. The van der Waals surface area contributed by atoms with Crippen LogP contribution in [0.4, 0.5) is 0 Å². The van der Waals surface area contributed by atoms with Crippen LogP contribution >= 0.6 is 0 Å². The van der Waals surface area contributed by atoms with Gasteiger partial charge in [0.1, 0.15) is 5.69 Å². The molecule has 3 aromatic rings. The van der Waals surface area contributed by atoms with E-state index in [4.69, 9.17) is 4.74 Å². The number of fused-ring (bicyclic) bond motifs is 1. The smallest absolute Gasteiger partial charge is 0.339 e. The number of carbonyl (C=O) groups excluding carboxylic acids is 2. The van der Waals surface area contributed by atoms with Gasteiger partial charge in [0, 0.05) is 18.4 Å². The fourth-order valence-electron chi connectivity index (χ4n) is 4.02. The molecule has 146 valence electrons. The summed E-state index contributed by atoms with van der Waals surface area (Å²) in [4.78, 5) is 30.5. The molecule has 1 saturated heterocycles. The van der Waals surface area contributed by atoms with Gasteiger partial charge in [-0.15, -0.1) is 10.2 Å². The first kappa shape index (κ1) is 18.2. The van der Waals surface area contributed by atoms with E-state index < -0.39 is 5.97 Å². The van der Waals surface area contributed by atoms with Crippen molar-refractivity contribution in [1.29, 1.82) is 0 Å². The lowest BCUT2D eigenvalue weighted by atomic mass is 10.1. The van der Waals surface area contributed by atoms with E-state index >= 15 is 0 Å². The summed E-state index contributed by atoms with van der Waals surface area (Å²) in [5.41, 5.74) is 3.01. The van der Waals surface area contributed by atoms with Crippen molar-refractivity contribution in [1.82, 2.24) is 24.5 Å². The summed E-state index contributed by atoms with van der Waals surface area (Å²) in [6.07, 6.45) is 4.24. The Morgan fingerprint density at radius 3 is 2.89 bits per heavy atom. The third kappa shape index (κ3) is 2.76. The number of ether oxygens (including phenoxy) is 1. The predicted molar refractivity (Wildman–Crippen MR) is 102 cm³/mol. The largest absolute Gasteiger partial charge is 0.465 e. The van der Waals surface area contributed by atoms with Crippen LogP contribution < -0.4 is 0 Å². The Morgan fingerprint density at radius 1 is 1.32 bits per heavy atom. The highest BCUT2D eigenvalue weighted by atomic mass is 16.5. The van der Waals surface area contributed by atoms with Crippen LogP contribution in [-0.2, 0) is 11.2 Å². The zero-order valence-corrected chi connectivity index (χ0v) is 16.2. The van der Waals surface area contributed by atoms with Gasteiger partial charge in [-0.3, -0.25) is 9.20 Å². The van der Waals surface area contributed by atoms with Gasteiger partial charge < -0.3 is 14.6 Å². The van der Waals surface area contributed by atoms with Crippen molar-refractivity contribution in [3.05, 3.63) is 52.7 Å². The first-order chi connectivity index (χ1) is 13.6. The van der Waals surface area contributed by atoms with Crippen molar-refractivity contribution in [3.8, 4) is 0 Å². The molecule has 3 aromatic heterocycles. The Morgan fingerprint density at radius 2 is 2.14 bits per heavy atom. The number of amides is 1. The van der Waals surface area contributed by atoms with Crippen LogP contribution in [0.25, 0.3) is 5.65 Å². The molecule has 0 unspecified atom stereocenters. The van der Waals surface area contributed by atoms with Gasteiger partial charge in [0.2, 0.25) is 0 Å². The summed E-state index contributed by atoms with van der Waals surface area (Å²) in [7, 11) is 1.35. The van der Waals surface area contributed by atoms with E-state index in [9.17, 15) is 9.59 Å². The van der Waals surface area contributed by atoms with Crippen molar-refractivity contribution < 1.29 is 14.3 Å². The summed E-state index contributed by atoms with van der Waals surface area (Å²) in [5, 5.41) is 8.56. The molecule has 8 nitrogen and oxygen atoms in total. The lowest BCUT2D eigenvalue weighted by Gasteiger charge is -2.23. The van der Waals surface area contributed by atoms with Crippen molar-refractivity contribution in [2.24, 2.45) is 0 Å². The molecule has 1 atom stereocenters. The lowest BCUT2D eigenvalue weighted by molar-refractivity contribution is 0.0599. The third-order valence-electron chi connectivity index (χ3n) is 5.44. The van der Waals surface area contributed by atoms with Crippen LogP contribution in [-0.4, -0.2) is 50.0 Å². The molecular formula is C20H23N5O3.